The van der Waals surface area contributed by atoms with E-state index >= 15 is 0 Å². The fraction of sp³-hybridized carbons (Fsp3) is 0.286. The Morgan fingerprint density at radius 1 is 1.45 bits per heavy atom. The van der Waals surface area contributed by atoms with Crippen molar-refractivity contribution >= 4 is 27.5 Å². The van der Waals surface area contributed by atoms with Gasteiger partial charge in [0, 0.05) is 11.9 Å². The molecule has 0 aliphatic rings. The summed E-state index contributed by atoms with van der Waals surface area (Å²) in [6.07, 6.45) is 3.28. The fourth-order valence-electron chi connectivity index (χ4n) is 1.84. The van der Waals surface area contributed by atoms with Crippen molar-refractivity contribution in [3.8, 4) is 5.75 Å². The Morgan fingerprint density at radius 3 is 2.73 bits per heavy atom. The van der Waals surface area contributed by atoms with E-state index in [0.29, 0.717) is 11.3 Å². The average Bonchev–Trinajstić information content (AvgIpc) is 2.87. The van der Waals surface area contributed by atoms with E-state index in [4.69, 9.17) is 0 Å². The summed E-state index contributed by atoms with van der Waals surface area (Å²) < 4.78 is 30.9. The molecule has 1 unspecified atom stereocenters. The molecule has 0 spiro atoms. The number of aryl methyl sites for hydroxylation is 1. The summed E-state index contributed by atoms with van der Waals surface area (Å²) >= 11 is 3.27. The maximum Gasteiger partial charge on any atom is 0.387 e. The minimum atomic E-state index is -2.88. The Balaban J connectivity index is 2.08. The van der Waals surface area contributed by atoms with Crippen LogP contribution in [0.15, 0.2) is 35.1 Å². The number of halogens is 3. The summed E-state index contributed by atoms with van der Waals surface area (Å²) in [4.78, 5) is 12.2. The molecule has 1 amide bonds. The van der Waals surface area contributed by atoms with Gasteiger partial charge in [-0.3, -0.25) is 9.48 Å². The van der Waals surface area contributed by atoms with Gasteiger partial charge in [0.25, 0.3) is 0 Å². The van der Waals surface area contributed by atoms with Gasteiger partial charge < -0.3 is 10.1 Å². The second kappa shape index (κ2) is 6.87. The molecule has 0 aliphatic heterocycles. The lowest BCUT2D eigenvalue weighted by atomic mass is 10.2. The number of benzene rings is 1. The smallest absolute Gasteiger partial charge is 0.387 e. The Hall–Kier alpha value is -1.96. The van der Waals surface area contributed by atoms with Crippen molar-refractivity contribution in [1.29, 1.82) is 0 Å². The van der Waals surface area contributed by atoms with E-state index < -0.39 is 12.7 Å². The monoisotopic (exact) mass is 373 g/mol. The topological polar surface area (TPSA) is 56.1 Å². The number of nitrogens with zero attached hydrogens (tertiary/aromatic N) is 2. The van der Waals surface area contributed by atoms with Gasteiger partial charge in [-0.1, -0.05) is 0 Å². The second-order valence-corrected chi connectivity index (χ2v) is 5.57. The van der Waals surface area contributed by atoms with Gasteiger partial charge >= 0.3 is 6.61 Å². The molecule has 0 saturated carbocycles. The first kappa shape index (κ1) is 16.4. The van der Waals surface area contributed by atoms with E-state index in [0.717, 1.165) is 4.47 Å². The molecule has 0 radical (unpaired) electrons. The first-order valence-electron chi connectivity index (χ1n) is 6.43. The van der Waals surface area contributed by atoms with Gasteiger partial charge in [0.1, 0.15) is 11.8 Å². The normalized spacial score (nSPS) is 12.3. The summed E-state index contributed by atoms with van der Waals surface area (Å²) in [5, 5.41) is 6.79. The molecule has 2 aromatic rings. The Labute approximate surface area is 134 Å². The molecule has 0 bridgehead atoms. The minimum absolute atomic E-state index is 0.0505. The molecule has 1 N–H and O–H groups in total. The van der Waals surface area contributed by atoms with Crippen molar-refractivity contribution in [1.82, 2.24) is 9.78 Å². The van der Waals surface area contributed by atoms with E-state index in [1.54, 1.807) is 26.2 Å². The highest BCUT2D eigenvalue weighted by Gasteiger charge is 2.17. The number of aromatic nitrogens is 2. The Bertz CT molecular complexity index is 676. The number of anilines is 1. The third-order valence-corrected chi connectivity index (χ3v) is 3.44. The van der Waals surface area contributed by atoms with Crippen molar-refractivity contribution in [3.05, 3.63) is 40.6 Å². The average molecular weight is 374 g/mol. The molecule has 8 heteroatoms. The standard InChI is InChI=1S/C14H14BrF2N3O2/c1-8-5-11(22-14(16)17)3-4-12(8)19-13(21)9(2)20-7-10(15)6-18-20/h3-7,9,14H,1-2H3,(H,19,21). The predicted octanol–water partition coefficient (Wildman–Crippen LogP) is 3.76. The molecule has 2 rings (SSSR count). The van der Waals surface area contributed by atoms with Crippen LogP contribution in [0.25, 0.3) is 0 Å². The number of carbonyl (C=O) groups is 1. The van der Waals surface area contributed by atoms with Crippen LogP contribution in [0, 0.1) is 6.92 Å². The predicted molar refractivity (Wildman–Crippen MR) is 81.1 cm³/mol. The maximum absolute atomic E-state index is 12.2. The molecule has 1 aromatic heterocycles. The van der Waals surface area contributed by atoms with Crippen LogP contribution in [0.1, 0.15) is 18.5 Å². The lowest BCUT2D eigenvalue weighted by Crippen LogP contribution is -2.24. The van der Waals surface area contributed by atoms with E-state index in [1.165, 1.54) is 22.9 Å². The summed E-state index contributed by atoms with van der Waals surface area (Å²) in [6.45, 7) is 0.528. The van der Waals surface area contributed by atoms with Crippen LogP contribution in [0.2, 0.25) is 0 Å². The zero-order valence-corrected chi connectivity index (χ0v) is 13.5. The number of carbonyl (C=O) groups excluding carboxylic acids is 1. The van der Waals surface area contributed by atoms with Crippen LogP contribution >= 0.6 is 15.9 Å². The maximum atomic E-state index is 12.2. The molecule has 22 heavy (non-hydrogen) atoms. The lowest BCUT2D eigenvalue weighted by Gasteiger charge is -2.15. The van der Waals surface area contributed by atoms with Crippen molar-refractivity contribution in [2.75, 3.05) is 5.32 Å². The lowest BCUT2D eigenvalue weighted by molar-refractivity contribution is -0.119. The Morgan fingerprint density at radius 2 is 2.18 bits per heavy atom. The van der Waals surface area contributed by atoms with Crippen LogP contribution in [0.4, 0.5) is 14.5 Å². The van der Waals surface area contributed by atoms with Gasteiger partial charge in [0.15, 0.2) is 0 Å². The highest BCUT2D eigenvalue weighted by atomic mass is 79.9. The highest BCUT2D eigenvalue weighted by molar-refractivity contribution is 9.10. The van der Waals surface area contributed by atoms with E-state index in [9.17, 15) is 13.6 Å². The molecular formula is C14H14BrF2N3O2. The molecule has 5 nitrogen and oxygen atoms in total. The molecule has 118 valence electrons. The second-order valence-electron chi connectivity index (χ2n) is 4.66. The van der Waals surface area contributed by atoms with Gasteiger partial charge in [0.2, 0.25) is 5.91 Å². The number of alkyl halides is 2. The van der Waals surface area contributed by atoms with E-state index in [1.807, 2.05) is 0 Å². The van der Waals surface area contributed by atoms with Crippen molar-refractivity contribution in [3.63, 3.8) is 0 Å². The Kier molecular flexibility index (Phi) is 5.12. The third kappa shape index (κ3) is 4.03. The van der Waals surface area contributed by atoms with Gasteiger partial charge in [-0.2, -0.15) is 13.9 Å². The SMILES string of the molecule is Cc1cc(OC(F)F)ccc1NC(=O)C(C)n1cc(Br)cn1. The number of hydrogen-bond acceptors (Lipinski definition) is 3. The van der Waals surface area contributed by atoms with Crippen LogP contribution in [0.5, 0.6) is 5.75 Å². The third-order valence-electron chi connectivity index (χ3n) is 3.03. The van der Waals surface area contributed by atoms with Crippen molar-refractivity contribution in [2.24, 2.45) is 0 Å². The van der Waals surface area contributed by atoms with E-state index in [2.05, 4.69) is 31.1 Å². The van der Waals surface area contributed by atoms with E-state index in [-0.39, 0.29) is 11.7 Å². The number of nitrogens with one attached hydrogen (secondary N) is 1. The molecule has 0 saturated heterocycles. The van der Waals surface area contributed by atoms with Crippen LogP contribution < -0.4 is 10.1 Å². The first-order chi connectivity index (χ1) is 10.4. The zero-order chi connectivity index (χ0) is 16.3. The van der Waals surface area contributed by atoms with Crippen LogP contribution in [-0.4, -0.2) is 22.3 Å². The largest absolute Gasteiger partial charge is 0.435 e. The summed E-state index contributed by atoms with van der Waals surface area (Å²) in [7, 11) is 0. The van der Waals surface area contributed by atoms with Crippen molar-refractivity contribution in [2.45, 2.75) is 26.5 Å². The zero-order valence-electron chi connectivity index (χ0n) is 11.9. The summed E-state index contributed by atoms with van der Waals surface area (Å²) in [5.74, 6) is -0.212. The minimum Gasteiger partial charge on any atom is -0.435 e. The van der Waals surface area contributed by atoms with Gasteiger partial charge in [-0.05, 0) is 53.5 Å². The van der Waals surface area contributed by atoms with Gasteiger partial charge in [0.05, 0.1) is 10.7 Å². The number of hydrogen-bond donors (Lipinski definition) is 1. The molecule has 1 heterocycles. The summed E-state index contributed by atoms with van der Waals surface area (Å²) in [6, 6.07) is 3.83. The number of ether oxygens (including phenoxy) is 1. The molecule has 1 atom stereocenters. The van der Waals surface area contributed by atoms with Gasteiger partial charge in [-0.15, -0.1) is 0 Å². The fourth-order valence-corrected chi connectivity index (χ4v) is 2.14. The number of amides is 1. The van der Waals surface area contributed by atoms with Gasteiger partial charge in [-0.25, -0.2) is 0 Å². The molecular weight excluding hydrogens is 360 g/mol. The van der Waals surface area contributed by atoms with Crippen LogP contribution in [0.3, 0.4) is 0 Å². The molecule has 1 aromatic carbocycles. The quantitative estimate of drug-likeness (QED) is 0.867. The van der Waals surface area contributed by atoms with Crippen LogP contribution in [-0.2, 0) is 4.79 Å². The van der Waals surface area contributed by atoms with Crippen molar-refractivity contribution < 1.29 is 18.3 Å². The molecule has 0 aliphatic carbocycles. The first-order valence-corrected chi connectivity index (χ1v) is 7.22. The summed E-state index contributed by atoms with van der Waals surface area (Å²) in [5.41, 5.74) is 1.16. The highest BCUT2D eigenvalue weighted by Crippen LogP contribution is 2.23. The molecule has 0 fully saturated rings. The number of rotatable bonds is 5.